The third-order valence-corrected chi connectivity index (χ3v) is 2.59. The second kappa shape index (κ2) is 3.95. The van der Waals surface area contributed by atoms with Gasteiger partial charge in [-0.05, 0) is 32.0 Å². The van der Waals surface area contributed by atoms with Crippen molar-refractivity contribution in [2.24, 2.45) is 0 Å². The lowest BCUT2D eigenvalue weighted by molar-refractivity contribution is 0.548. The molecule has 0 saturated heterocycles. The van der Waals surface area contributed by atoms with Gasteiger partial charge in [0.25, 0.3) is 0 Å². The molecule has 16 heavy (non-hydrogen) atoms. The first-order valence-corrected chi connectivity index (χ1v) is 5.23. The highest BCUT2D eigenvalue weighted by molar-refractivity contribution is 7.71. The fraction of sp³-hybridized carbons (Fsp3) is 0.167. The number of rotatable bonds is 1. The van der Waals surface area contributed by atoms with E-state index in [0.717, 1.165) is 17.0 Å². The first kappa shape index (κ1) is 10.7. The molecule has 2 aromatic rings. The predicted octanol–water partition coefficient (Wildman–Crippen LogP) is 3.49. The normalized spacial score (nSPS) is 10.1. The third kappa shape index (κ3) is 1.77. The fourth-order valence-corrected chi connectivity index (χ4v) is 1.89. The van der Waals surface area contributed by atoms with Crippen molar-refractivity contribution in [3.8, 4) is 17.4 Å². The summed E-state index contributed by atoms with van der Waals surface area (Å²) in [7, 11) is 0. The zero-order chi connectivity index (χ0) is 11.7. The lowest BCUT2D eigenvalue weighted by atomic mass is 10.1. The van der Waals surface area contributed by atoms with Gasteiger partial charge in [-0.15, -0.1) is 0 Å². The highest BCUT2D eigenvalue weighted by Gasteiger charge is 2.10. The van der Waals surface area contributed by atoms with Crippen LogP contribution in [0.4, 0.5) is 0 Å². The second-order valence-electron chi connectivity index (χ2n) is 3.59. The molecule has 2 aromatic heterocycles. The molecule has 1 N–H and O–H groups in total. The smallest absolute Gasteiger partial charge is 0.135 e. The van der Waals surface area contributed by atoms with E-state index in [9.17, 15) is 0 Å². The zero-order valence-corrected chi connectivity index (χ0v) is 9.81. The largest absolute Gasteiger partial charge is 0.461 e. The molecule has 2 heterocycles. The van der Waals surface area contributed by atoms with Crippen LogP contribution < -0.4 is 0 Å². The minimum absolute atomic E-state index is 0.451. The Kier molecular flexibility index (Phi) is 2.63. The van der Waals surface area contributed by atoms with Gasteiger partial charge in [-0.2, -0.15) is 5.26 Å². The highest BCUT2D eigenvalue weighted by atomic mass is 32.1. The molecule has 0 bridgehead atoms. The van der Waals surface area contributed by atoms with Crippen LogP contribution in [0.25, 0.3) is 11.3 Å². The number of furan rings is 1. The van der Waals surface area contributed by atoms with Crippen LogP contribution in [0.1, 0.15) is 17.0 Å². The van der Waals surface area contributed by atoms with E-state index >= 15 is 0 Å². The van der Waals surface area contributed by atoms with E-state index in [1.165, 1.54) is 0 Å². The van der Waals surface area contributed by atoms with Crippen molar-refractivity contribution in [1.29, 1.82) is 5.26 Å². The Balaban J connectivity index is 2.74. The lowest BCUT2D eigenvalue weighted by Crippen LogP contribution is -1.90. The number of nitrogens with one attached hydrogen (secondary N) is 1. The molecule has 0 atom stereocenters. The summed E-state index contributed by atoms with van der Waals surface area (Å²) in [5.41, 5.74) is 2.11. The number of nitriles is 1. The van der Waals surface area contributed by atoms with Gasteiger partial charge in [0, 0.05) is 11.3 Å². The Morgan fingerprint density at radius 2 is 2.12 bits per heavy atom. The van der Waals surface area contributed by atoms with E-state index in [1.807, 2.05) is 32.0 Å². The Morgan fingerprint density at radius 1 is 1.38 bits per heavy atom. The molecule has 2 rings (SSSR count). The number of H-pyrrole nitrogens is 1. The number of pyridine rings is 1. The number of aryl methyl sites for hydroxylation is 2. The topological polar surface area (TPSA) is 52.7 Å². The van der Waals surface area contributed by atoms with Gasteiger partial charge in [0.2, 0.25) is 0 Å². The van der Waals surface area contributed by atoms with Crippen LogP contribution in [0.15, 0.2) is 22.6 Å². The molecule has 0 spiro atoms. The molecule has 80 valence electrons. The lowest BCUT2D eigenvalue weighted by Gasteiger charge is -2.02. The van der Waals surface area contributed by atoms with Crippen LogP contribution in [0.2, 0.25) is 0 Å². The average Bonchev–Trinajstić information content (AvgIpc) is 2.63. The molecule has 0 fully saturated rings. The van der Waals surface area contributed by atoms with Gasteiger partial charge in [0.15, 0.2) is 0 Å². The number of aromatic nitrogens is 1. The Labute approximate surface area is 98.3 Å². The van der Waals surface area contributed by atoms with E-state index < -0.39 is 0 Å². The van der Waals surface area contributed by atoms with E-state index in [-0.39, 0.29) is 0 Å². The van der Waals surface area contributed by atoms with Gasteiger partial charge in [0.1, 0.15) is 22.2 Å². The van der Waals surface area contributed by atoms with Gasteiger partial charge in [-0.25, -0.2) is 0 Å². The quantitative estimate of drug-likeness (QED) is 0.763. The van der Waals surface area contributed by atoms with Crippen molar-refractivity contribution in [3.05, 3.63) is 39.9 Å². The van der Waals surface area contributed by atoms with E-state index in [1.54, 1.807) is 0 Å². The zero-order valence-electron chi connectivity index (χ0n) is 9.00. The molecule has 0 aliphatic heterocycles. The molecule has 0 aliphatic rings. The summed E-state index contributed by atoms with van der Waals surface area (Å²) < 4.78 is 5.96. The summed E-state index contributed by atoms with van der Waals surface area (Å²) in [6.45, 7) is 3.77. The Hall–Kier alpha value is -1.86. The molecular weight excluding hydrogens is 220 g/mol. The number of nitrogens with zero attached hydrogens (tertiary/aromatic N) is 1. The minimum atomic E-state index is 0.451. The van der Waals surface area contributed by atoms with Gasteiger partial charge >= 0.3 is 0 Å². The van der Waals surface area contributed by atoms with Crippen molar-refractivity contribution < 1.29 is 4.42 Å². The van der Waals surface area contributed by atoms with Gasteiger partial charge in [-0.1, -0.05) is 12.2 Å². The number of hydrogen-bond acceptors (Lipinski definition) is 3. The van der Waals surface area contributed by atoms with Gasteiger partial charge in [0.05, 0.1) is 5.56 Å². The first-order valence-electron chi connectivity index (χ1n) is 4.82. The second-order valence-corrected chi connectivity index (χ2v) is 4.00. The van der Waals surface area contributed by atoms with Crippen molar-refractivity contribution >= 4 is 12.2 Å². The van der Waals surface area contributed by atoms with Crippen molar-refractivity contribution in [2.75, 3.05) is 0 Å². The summed E-state index contributed by atoms with van der Waals surface area (Å²) in [6, 6.07) is 7.68. The summed E-state index contributed by atoms with van der Waals surface area (Å²) in [6.07, 6.45) is 0. The molecule has 0 aromatic carbocycles. The molecule has 0 radical (unpaired) electrons. The summed E-state index contributed by atoms with van der Waals surface area (Å²) in [4.78, 5) is 2.96. The van der Waals surface area contributed by atoms with Crippen LogP contribution >= 0.6 is 12.2 Å². The summed E-state index contributed by atoms with van der Waals surface area (Å²) in [5.74, 6) is 1.49. The van der Waals surface area contributed by atoms with E-state index in [4.69, 9.17) is 21.9 Å². The molecule has 0 aliphatic carbocycles. The van der Waals surface area contributed by atoms with Crippen LogP contribution in [0.5, 0.6) is 0 Å². The maximum atomic E-state index is 9.08. The Bertz CT molecular complexity index is 631. The molecule has 0 saturated carbocycles. The average molecular weight is 230 g/mol. The van der Waals surface area contributed by atoms with Gasteiger partial charge < -0.3 is 9.40 Å². The molecule has 0 unspecified atom stereocenters. The van der Waals surface area contributed by atoms with Crippen LogP contribution in [0, 0.1) is 29.8 Å². The van der Waals surface area contributed by atoms with Crippen molar-refractivity contribution in [3.63, 3.8) is 0 Å². The number of hydrogen-bond donors (Lipinski definition) is 1. The number of aromatic amines is 1. The van der Waals surface area contributed by atoms with E-state index in [0.29, 0.717) is 16.0 Å². The predicted molar refractivity (Wildman–Crippen MR) is 63.5 cm³/mol. The van der Waals surface area contributed by atoms with Crippen LogP contribution in [-0.4, -0.2) is 4.98 Å². The molecule has 3 nitrogen and oxygen atoms in total. The Morgan fingerprint density at radius 3 is 2.69 bits per heavy atom. The standard InChI is InChI=1S/C12H10N2OS/c1-7-5-9(10(6-13)12(16)14-7)11-4-3-8(2)15-11/h3-5H,1-2H3,(H,14,16). The third-order valence-electron chi connectivity index (χ3n) is 2.29. The molecular formula is C12H10N2OS. The van der Waals surface area contributed by atoms with Crippen molar-refractivity contribution in [2.45, 2.75) is 13.8 Å². The van der Waals surface area contributed by atoms with Crippen LogP contribution in [0.3, 0.4) is 0 Å². The summed E-state index contributed by atoms with van der Waals surface area (Å²) >= 11 is 5.11. The van der Waals surface area contributed by atoms with Crippen LogP contribution in [-0.2, 0) is 0 Å². The monoisotopic (exact) mass is 230 g/mol. The molecule has 0 amide bonds. The minimum Gasteiger partial charge on any atom is -0.461 e. The fourth-order valence-electron chi connectivity index (χ4n) is 1.57. The molecule has 4 heteroatoms. The van der Waals surface area contributed by atoms with Gasteiger partial charge in [-0.3, -0.25) is 0 Å². The maximum Gasteiger partial charge on any atom is 0.135 e. The van der Waals surface area contributed by atoms with E-state index in [2.05, 4.69) is 11.1 Å². The summed E-state index contributed by atoms with van der Waals surface area (Å²) in [5, 5.41) is 9.08. The SMILES string of the molecule is Cc1cc(-c2ccc(C)o2)c(C#N)c(=S)[nH]1. The highest BCUT2D eigenvalue weighted by Crippen LogP contribution is 2.26. The first-order chi connectivity index (χ1) is 7.61. The van der Waals surface area contributed by atoms with Crippen molar-refractivity contribution in [1.82, 2.24) is 4.98 Å². The maximum absolute atomic E-state index is 9.08.